The standard InChI is InChI=1S/C19H21N3O3S2/c1-4-8-22-18(24)17-13(7-9-26-17)21-19(22)27-11-16(23)20-14-10-12(2)5-6-15(14)25-3/h5-7,9-10H,4,8,11H2,1-3H3,(H,20,23). The molecule has 0 atom stereocenters. The molecule has 0 spiro atoms. The van der Waals surface area contributed by atoms with Crippen LogP contribution in [0.4, 0.5) is 5.69 Å². The van der Waals surface area contributed by atoms with Crippen molar-refractivity contribution < 1.29 is 9.53 Å². The summed E-state index contributed by atoms with van der Waals surface area (Å²) >= 11 is 2.66. The molecular weight excluding hydrogens is 382 g/mol. The predicted molar refractivity (Wildman–Crippen MR) is 111 cm³/mol. The number of fused-ring (bicyclic) bond motifs is 1. The Kier molecular flexibility index (Phi) is 6.18. The van der Waals surface area contributed by atoms with E-state index in [1.807, 2.05) is 43.5 Å². The van der Waals surface area contributed by atoms with Crippen molar-refractivity contribution >= 4 is 44.9 Å². The van der Waals surface area contributed by atoms with Crippen LogP contribution in [0.25, 0.3) is 10.2 Å². The van der Waals surface area contributed by atoms with Gasteiger partial charge in [-0.1, -0.05) is 24.8 Å². The van der Waals surface area contributed by atoms with Crippen molar-refractivity contribution in [3.05, 3.63) is 45.6 Å². The fourth-order valence-corrected chi connectivity index (χ4v) is 4.29. The van der Waals surface area contributed by atoms with Crippen LogP contribution >= 0.6 is 23.1 Å². The quantitative estimate of drug-likeness (QED) is 0.478. The van der Waals surface area contributed by atoms with Crippen LogP contribution in [0.3, 0.4) is 0 Å². The van der Waals surface area contributed by atoms with Gasteiger partial charge >= 0.3 is 0 Å². The Bertz CT molecular complexity index is 1030. The molecule has 27 heavy (non-hydrogen) atoms. The molecule has 0 aliphatic carbocycles. The van der Waals surface area contributed by atoms with E-state index in [1.165, 1.54) is 23.1 Å². The van der Waals surface area contributed by atoms with Gasteiger partial charge in [-0.3, -0.25) is 14.2 Å². The molecule has 0 bridgehead atoms. The molecule has 0 unspecified atom stereocenters. The predicted octanol–water partition coefficient (Wildman–Crippen LogP) is 3.92. The van der Waals surface area contributed by atoms with E-state index in [4.69, 9.17) is 4.74 Å². The summed E-state index contributed by atoms with van der Waals surface area (Å²) in [4.78, 5) is 29.7. The summed E-state index contributed by atoms with van der Waals surface area (Å²) in [7, 11) is 1.57. The number of rotatable bonds is 7. The molecule has 0 radical (unpaired) electrons. The SMILES string of the molecule is CCCn1c(SCC(=O)Nc2cc(C)ccc2OC)nc2ccsc2c1=O. The zero-order chi connectivity index (χ0) is 19.4. The fourth-order valence-electron chi connectivity index (χ4n) is 2.69. The number of nitrogens with zero attached hydrogens (tertiary/aromatic N) is 2. The summed E-state index contributed by atoms with van der Waals surface area (Å²) < 4.78 is 7.60. The number of benzene rings is 1. The second-order valence-electron chi connectivity index (χ2n) is 6.03. The molecule has 1 amide bonds. The monoisotopic (exact) mass is 403 g/mol. The highest BCUT2D eigenvalue weighted by Crippen LogP contribution is 2.26. The minimum absolute atomic E-state index is 0.0416. The lowest BCUT2D eigenvalue weighted by atomic mass is 10.2. The number of nitrogens with one attached hydrogen (secondary N) is 1. The molecule has 0 saturated carbocycles. The van der Waals surface area contributed by atoms with E-state index < -0.39 is 0 Å². The number of methoxy groups -OCH3 is 1. The Labute approximate surface area is 165 Å². The van der Waals surface area contributed by atoms with Gasteiger partial charge in [-0.2, -0.15) is 0 Å². The van der Waals surface area contributed by atoms with E-state index in [0.29, 0.717) is 33.4 Å². The highest BCUT2D eigenvalue weighted by molar-refractivity contribution is 7.99. The van der Waals surface area contributed by atoms with E-state index in [-0.39, 0.29) is 17.2 Å². The Morgan fingerprint density at radius 3 is 2.93 bits per heavy atom. The summed E-state index contributed by atoms with van der Waals surface area (Å²) in [5.74, 6) is 0.592. The molecule has 1 aromatic carbocycles. The number of thioether (sulfide) groups is 1. The van der Waals surface area contributed by atoms with Gasteiger partial charge in [0, 0.05) is 6.54 Å². The fraction of sp³-hybridized carbons (Fsp3) is 0.316. The molecule has 3 rings (SSSR count). The van der Waals surface area contributed by atoms with Crippen molar-refractivity contribution in [3.63, 3.8) is 0 Å². The third kappa shape index (κ3) is 4.33. The highest BCUT2D eigenvalue weighted by Gasteiger charge is 2.14. The van der Waals surface area contributed by atoms with Crippen molar-refractivity contribution in [2.24, 2.45) is 0 Å². The molecule has 6 nitrogen and oxygen atoms in total. The number of ether oxygens (including phenoxy) is 1. The van der Waals surface area contributed by atoms with Crippen LogP contribution in [-0.4, -0.2) is 28.3 Å². The normalized spacial score (nSPS) is 10.9. The molecule has 3 aromatic rings. The zero-order valence-electron chi connectivity index (χ0n) is 15.4. The maximum Gasteiger partial charge on any atom is 0.272 e. The number of aryl methyl sites for hydroxylation is 1. The third-order valence-electron chi connectivity index (χ3n) is 3.94. The first-order valence-electron chi connectivity index (χ1n) is 8.58. The van der Waals surface area contributed by atoms with Crippen LogP contribution in [-0.2, 0) is 11.3 Å². The van der Waals surface area contributed by atoms with Gasteiger partial charge in [-0.15, -0.1) is 11.3 Å². The lowest BCUT2D eigenvalue weighted by Crippen LogP contribution is -2.23. The average molecular weight is 404 g/mol. The number of thiophene rings is 1. The van der Waals surface area contributed by atoms with Crippen molar-refractivity contribution in [1.29, 1.82) is 0 Å². The lowest BCUT2D eigenvalue weighted by Gasteiger charge is -2.12. The molecule has 8 heteroatoms. The van der Waals surface area contributed by atoms with E-state index in [0.717, 1.165) is 12.0 Å². The van der Waals surface area contributed by atoms with Crippen molar-refractivity contribution in [2.75, 3.05) is 18.2 Å². The molecule has 0 fully saturated rings. The van der Waals surface area contributed by atoms with Crippen molar-refractivity contribution in [3.8, 4) is 5.75 Å². The number of carbonyl (C=O) groups excluding carboxylic acids is 1. The van der Waals surface area contributed by atoms with Gasteiger partial charge in [-0.25, -0.2) is 4.98 Å². The zero-order valence-corrected chi connectivity index (χ0v) is 17.1. The number of hydrogen-bond acceptors (Lipinski definition) is 6. The minimum Gasteiger partial charge on any atom is -0.495 e. The Balaban J connectivity index is 1.78. The lowest BCUT2D eigenvalue weighted by molar-refractivity contribution is -0.113. The average Bonchev–Trinajstić information content (AvgIpc) is 3.12. The first-order chi connectivity index (χ1) is 13.0. The Morgan fingerprint density at radius 2 is 2.19 bits per heavy atom. The minimum atomic E-state index is -0.174. The van der Waals surface area contributed by atoms with E-state index in [9.17, 15) is 9.59 Å². The van der Waals surface area contributed by atoms with Gasteiger partial charge < -0.3 is 10.1 Å². The number of carbonyl (C=O) groups is 1. The second-order valence-corrected chi connectivity index (χ2v) is 7.89. The van der Waals surface area contributed by atoms with E-state index in [1.54, 1.807) is 11.7 Å². The molecule has 0 saturated heterocycles. The van der Waals surface area contributed by atoms with Gasteiger partial charge in [0.25, 0.3) is 5.56 Å². The number of anilines is 1. The van der Waals surface area contributed by atoms with Gasteiger partial charge in [0.05, 0.1) is 24.1 Å². The second kappa shape index (κ2) is 8.58. The molecule has 2 heterocycles. The molecule has 1 N–H and O–H groups in total. The van der Waals surface area contributed by atoms with Crippen LogP contribution in [0.15, 0.2) is 39.6 Å². The van der Waals surface area contributed by atoms with Gasteiger partial charge in [0.1, 0.15) is 10.4 Å². The summed E-state index contributed by atoms with van der Waals surface area (Å²) in [6, 6.07) is 7.44. The number of amides is 1. The number of hydrogen-bond donors (Lipinski definition) is 1. The Hall–Kier alpha value is -2.32. The molecular formula is C19H21N3O3S2. The Morgan fingerprint density at radius 1 is 1.37 bits per heavy atom. The maximum atomic E-state index is 12.7. The molecule has 0 aliphatic heterocycles. The van der Waals surface area contributed by atoms with Crippen molar-refractivity contribution in [1.82, 2.24) is 9.55 Å². The van der Waals surface area contributed by atoms with Gasteiger partial charge in [-0.05, 0) is 42.5 Å². The summed E-state index contributed by atoms with van der Waals surface area (Å²) in [5, 5.41) is 5.30. The summed E-state index contributed by atoms with van der Waals surface area (Å²) in [5.41, 5.74) is 2.30. The van der Waals surface area contributed by atoms with E-state index >= 15 is 0 Å². The third-order valence-corrected chi connectivity index (χ3v) is 5.81. The van der Waals surface area contributed by atoms with Crippen LogP contribution < -0.4 is 15.6 Å². The molecule has 142 valence electrons. The first-order valence-corrected chi connectivity index (χ1v) is 10.4. The summed E-state index contributed by atoms with van der Waals surface area (Å²) in [6.45, 7) is 4.54. The smallest absolute Gasteiger partial charge is 0.272 e. The molecule has 0 aliphatic rings. The first kappa shape index (κ1) is 19.4. The van der Waals surface area contributed by atoms with Gasteiger partial charge in [0.2, 0.25) is 5.91 Å². The van der Waals surface area contributed by atoms with Crippen LogP contribution in [0.1, 0.15) is 18.9 Å². The highest BCUT2D eigenvalue weighted by atomic mass is 32.2. The van der Waals surface area contributed by atoms with Crippen LogP contribution in [0, 0.1) is 6.92 Å². The van der Waals surface area contributed by atoms with E-state index in [2.05, 4.69) is 10.3 Å². The topological polar surface area (TPSA) is 73.2 Å². The van der Waals surface area contributed by atoms with Gasteiger partial charge in [0.15, 0.2) is 5.16 Å². The van der Waals surface area contributed by atoms with Crippen molar-refractivity contribution in [2.45, 2.75) is 32.0 Å². The largest absolute Gasteiger partial charge is 0.495 e. The molecule has 2 aromatic heterocycles. The maximum absolute atomic E-state index is 12.7. The van der Waals surface area contributed by atoms with Crippen LogP contribution in [0.5, 0.6) is 5.75 Å². The summed E-state index contributed by atoms with van der Waals surface area (Å²) in [6.07, 6.45) is 0.818. The number of aromatic nitrogens is 2. The van der Waals surface area contributed by atoms with Crippen LogP contribution in [0.2, 0.25) is 0 Å².